The molecule has 0 bridgehead atoms. The summed E-state index contributed by atoms with van der Waals surface area (Å²) in [6, 6.07) is 0. The Morgan fingerprint density at radius 1 is 1.12 bits per heavy atom. The normalized spacial score (nSPS) is 30.9. The first-order chi connectivity index (χ1) is 7.73. The van der Waals surface area contributed by atoms with Crippen LogP contribution in [0.3, 0.4) is 0 Å². The van der Waals surface area contributed by atoms with Crippen LogP contribution in [0.2, 0.25) is 0 Å². The van der Waals surface area contributed by atoms with E-state index in [0.717, 1.165) is 18.4 Å². The van der Waals surface area contributed by atoms with Crippen molar-refractivity contribution in [3.63, 3.8) is 0 Å². The van der Waals surface area contributed by atoms with Crippen molar-refractivity contribution in [3.05, 3.63) is 0 Å². The molecule has 1 saturated heterocycles. The van der Waals surface area contributed by atoms with E-state index in [1.165, 1.54) is 51.7 Å². The summed E-state index contributed by atoms with van der Waals surface area (Å²) < 4.78 is 0. The Morgan fingerprint density at radius 3 is 2.12 bits per heavy atom. The van der Waals surface area contributed by atoms with Crippen LogP contribution in [-0.2, 0) is 0 Å². The SMILES string of the molecule is CCC(CC)(CN)CN1CC2CCCC2C1. The molecular weight excluding hydrogens is 196 g/mol. The quantitative estimate of drug-likeness (QED) is 0.777. The average Bonchev–Trinajstić information content (AvgIpc) is 2.86. The van der Waals surface area contributed by atoms with Gasteiger partial charge in [-0.2, -0.15) is 0 Å². The van der Waals surface area contributed by atoms with E-state index in [1.807, 2.05) is 0 Å². The molecule has 2 nitrogen and oxygen atoms in total. The zero-order chi connectivity index (χ0) is 11.6. The molecule has 94 valence electrons. The molecule has 0 aromatic carbocycles. The maximum Gasteiger partial charge on any atom is 0.00501 e. The molecule has 2 unspecified atom stereocenters. The number of hydrogen-bond donors (Lipinski definition) is 1. The lowest BCUT2D eigenvalue weighted by atomic mass is 9.82. The Bertz CT molecular complexity index is 203. The van der Waals surface area contributed by atoms with Gasteiger partial charge >= 0.3 is 0 Å². The third-order valence-corrected chi connectivity index (χ3v) is 5.29. The summed E-state index contributed by atoms with van der Waals surface area (Å²) in [5, 5.41) is 0. The van der Waals surface area contributed by atoms with Gasteiger partial charge in [-0.05, 0) is 49.5 Å². The minimum atomic E-state index is 0.388. The summed E-state index contributed by atoms with van der Waals surface area (Å²) in [6.07, 6.45) is 6.90. The van der Waals surface area contributed by atoms with Crippen molar-refractivity contribution in [1.82, 2.24) is 4.90 Å². The van der Waals surface area contributed by atoms with Crippen LogP contribution in [0.15, 0.2) is 0 Å². The molecule has 0 radical (unpaired) electrons. The van der Waals surface area contributed by atoms with Crippen LogP contribution >= 0.6 is 0 Å². The second kappa shape index (κ2) is 5.05. The fourth-order valence-corrected chi connectivity index (χ4v) is 3.76. The molecule has 0 aromatic heterocycles. The minimum Gasteiger partial charge on any atom is -0.330 e. The first-order valence-corrected chi connectivity index (χ1v) is 7.15. The molecule has 1 heterocycles. The van der Waals surface area contributed by atoms with E-state index < -0.39 is 0 Å². The van der Waals surface area contributed by atoms with E-state index in [0.29, 0.717) is 5.41 Å². The Morgan fingerprint density at radius 2 is 1.69 bits per heavy atom. The van der Waals surface area contributed by atoms with Crippen molar-refractivity contribution in [2.24, 2.45) is 23.0 Å². The van der Waals surface area contributed by atoms with Gasteiger partial charge in [-0.25, -0.2) is 0 Å². The lowest BCUT2D eigenvalue weighted by molar-refractivity contribution is 0.158. The van der Waals surface area contributed by atoms with Crippen molar-refractivity contribution in [1.29, 1.82) is 0 Å². The molecule has 2 N–H and O–H groups in total. The van der Waals surface area contributed by atoms with Crippen molar-refractivity contribution in [2.75, 3.05) is 26.2 Å². The first-order valence-electron chi connectivity index (χ1n) is 7.15. The Kier molecular flexibility index (Phi) is 3.91. The summed E-state index contributed by atoms with van der Waals surface area (Å²) in [6.45, 7) is 9.40. The molecule has 1 aliphatic heterocycles. The monoisotopic (exact) mass is 224 g/mol. The van der Waals surface area contributed by atoms with E-state index in [9.17, 15) is 0 Å². The van der Waals surface area contributed by atoms with Gasteiger partial charge in [0.05, 0.1) is 0 Å². The number of nitrogens with zero attached hydrogens (tertiary/aromatic N) is 1. The van der Waals surface area contributed by atoms with Crippen LogP contribution < -0.4 is 5.73 Å². The average molecular weight is 224 g/mol. The maximum absolute atomic E-state index is 6.00. The van der Waals surface area contributed by atoms with E-state index in [4.69, 9.17) is 5.73 Å². The van der Waals surface area contributed by atoms with Gasteiger partial charge in [0.1, 0.15) is 0 Å². The summed E-state index contributed by atoms with van der Waals surface area (Å²) in [5.41, 5.74) is 6.38. The van der Waals surface area contributed by atoms with Crippen LogP contribution in [0.1, 0.15) is 46.0 Å². The van der Waals surface area contributed by atoms with Crippen molar-refractivity contribution >= 4 is 0 Å². The second-order valence-corrected chi connectivity index (χ2v) is 6.06. The van der Waals surface area contributed by atoms with Crippen LogP contribution in [0, 0.1) is 17.3 Å². The largest absolute Gasteiger partial charge is 0.330 e. The van der Waals surface area contributed by atoms with E-state index >= 15 is 0 Å². The fraction of sp³-hybridized carbons (Fsp3) is 1.00. The molecule has 2 fully saturated rings. The van der Waals surface area contributed by atoms with Gasteiger partial charge in [0.15, 0.2) is 0 Å². The number of likely N-dealkylation sites (tertiary alicyclic amines) is 1. The predicted molar refractivity (Wildman–Crippen MR) is 69.3 cm³/mol. The molecule has 2 atom stereocenters. The number of nitrogens with two attached hydrogens (primary N) is 1. The number of fused-ring (bicyclic) bond motifs is 1. The smallest absolute Gasteiger partial charge is 0.00501 e. The predicted octanol–water partition coefficient (Wildman–Crippen LogP) is 2.48. The van der Waals surface area contributed by atoms with E-state index in [-0.39, 0.29) is 0 Å². The molecule has 0 aromatic rings. The molecule has 2 aliphatic rings. The molecule has 2 heteroatoms. The standard InChI is InChI=1S/C14H28N2/c1-3-14(4-2,10-15)11-16-8-12-6-5-7-13(12)9-16/h12-13H,3-11,15H2,1-2H3. The molecule has 16 heavy (non-hydrogen) atoms. The Labute approximate surface area is 101 Å². The highest BCUT2D eigenvalue weighted by Crippen LogP contribution is 2.39. The second-order valence-electron chi connectivity index (χ2n) is 6.06. The van der Waals surface area contributed by atoms with Gasteiger partial charge in [0.25, 0.3) is 0 Å². The molecular formula is C14H28N2. The van der Waals surface area contributed by atoms with Gasteiger partial charge in [-0.3, -0.25) is 0 Å². The zero-order valence-electron chi connectivity index (χ0n) is 11.0. The van der Waals surface area contributed by atoms with Crippen LogP contribution in [0.5, 0.6) is 0 Å². The maximum atomic E-state index is 6.00. The van der Waals surface area contributed by atoms with E-state index in [2.05, 4.69) is 18.7 Å². The third kappa shape index (κ3) is 2.28. The van der Waals surface area contributed by atoms with E-state index in [1.54, 1.807) is 0 Å². The summed E-state index contributed by atoms with van der Waals surface area (Å²) >= 11 is 0. The lowest BCUT2D eigenvalue weighted by Gasteiger charge is -2.35. The first kappa shape index (κ1) is 12.4. The van der Waals surface area contributed by atoms with Gasteiger partial charge in [-0.15, -0.1) is 0 Å². The highest BCUT2D eigenvalue weighted by atomic mass is 15.2. The number of rotatable bonds is 5. The Balaban J connectivity index is 1.90. The van der Waals surface area contributed by atoms with Gasteiger partial charge in [0.2, 0.25) is 0 Å². The van der Waals surface area contributed by atoms with Gasteiger partial charge < -0.3 is 10.6 Å². The van der Waals surface area contributed by atoms with Crippen LogP contribution in [0.4, 0.5) is 0 Å². The minimum absolute atomic E-state index is 0.388. The van der Waals surface area contributed by atoms with Crippen molar-refractivity contribution in [3.8, 4) is 0 Å². The fourth-order valence-electron chi connectivity index (χ4n) is 3.76. The lowest BCUT2D eigenvalue weighted by Crippen LogP contribution is -2.41. The van der Waals surface area contributed by atoms with Gasteiger partial charge in [-0.1, -0.05) is 20.3 Å². The topological polar surface area (TPSA) is 29.3 Å². The van der Waals surface area contributed by atoms with Crippen LogP contribution in [0.25, 0.3) is 0 Å². The third-order valence-electron chi connectivity index (χ3n) is 5.29. The number of hydrogen-bond acceptors (Lipinski definition) is 2. The summed E-state index contributed by atoms with van der Waals surface area (Å²) in [5.74, 6) is 2.04. The molecule has 0 spiro atoms. The molecule has 1 aliphatic carbocycles. The molecule has 1 saturated carbocycles. The summed E-state index contributed by atoms with van der Waals surface area (Å²) in [7, 11) is 0. The van der Waals surface area contributed by atoms with Crippen LogP contribution in [-0.4, -0.2) is 31.1 Å². The van der Waals surface area contributed by atoms with Crippen molar-refractivity contribution in [2.45, 2.75) is 46.0 Å². The van der Waals surface area contributed by atoms with Gasteiger partial charge in [0, 0.05) is 19.6 Å². The molecule has 0 amide bonds. The summed E-state index contributed by atoms with van der Waals surface area (Å²) in [4.78, 5) is 2.70. The Hall–Kier alpha value is -0.0800. The highest BCUT2D eigenvalue weighted by Gasteiger charge is 2.38. The highest BCUT2D eigenvalue weighted by molar-refractivity contribution is 4.91. The zero-order valence-corrected chi connectivity index (χ0v) is 11.0. The molecule has 2 rings (SSSR count). The van der Waals surface area contributed by atoms with Crippen molar-refractivity contribution < 1.29 is 0 Å².